The van der Waals surface area contributed by atoms with Crippen molar-refractivity contribution in [3.8, 4) is 0 Å². The van der Waals surface area contributed by atoms with Gasteiger partial charge in [-0.1, -0.05) is 13.8 Å². The molecule has 0 bridgehead atoms. The van der Waals surface area contributed by atoms with Crippen LogP contribution in [0.4, 0.5) is 0 Å². The average Bonchev–Trinajstić information content (AvgIpc) is 2.19. The summed E-state index contributed by atoms with van der Waals surface area (Å²) in [6, 6.07) is 0.423. The van der Waals surface area contributed by atoms with Crippen LogP contribution in [-0.2, 0) is 0 Å². The highest BCUT2D eigenvalue weighted by Crippen LogP contribution is 2.25. The van der Waals surface area contributed by atoms with Crippen LogP contribution < -0.4 is 5.32 Å². The maximum absolute atomic E-state index is 4.37. The lowest BCUT2D eigenvalue weighted by molar-refractivity contribution is 0.387. The molecule has 2 unspecified atom stereocenters. The second-order valence-electron chi connectivity index (χ2n) is 3.98. The van der Waals surface area contributed by atoms with Crippen LogP contribution in [0.2, 0.25) is 0 Å². The SMILES string of the molecule is CNC(C)C(c1cnccn1)C(C)C. The van der Waals surface area contributed by atoms with E-state index in [0.717, 1.165) is 5.69 Å². The van der Waals surface area contributed by atoms with Gasteiger partial charge in [-0.15, -0.1) is 0 Å². The van der Waals surface area contributed by atoms with E-state index in [-0.39, 0.29) is 0 Å². The van der Waals surface area contributed by atoms with Crippen molar-refractivity contribution in [2.75, 3.05) is 7.05 Å². The van der Waals surface area contributed by atoms with E-state index in [1.807, 2.05) is 13.2 Å². The predicted octanol–water partition coefficient (Wildman–Crippen LogP) is 1.82. The van der Waals surface area contributed by atoms with Crippen molar-refractivity contribution in [1.82, 2.24) is 15.3 Å². The fourth-order valence-corrected chi connectivity index (χ4v) is 1.84. The Balaban J connectivity index is 2.89. The number of hydrogen-bond acceptors (Lipinski definition) is 3. The van der Waals surface area contributed by atoms with Gasteiger partial charge in [-0.3, -0.25) is 9.97 Å². The predicted molar refractivity (Wildman–Crippen MR) is 58.1 cm³/mol. The van der Waals surface area contributed by atoms with Crippen LogP contribution in [0.1, 0.15) is 32.4 Å². The minimum absolute atomic E-state index is 0.423. The highest BCUT2D eigenvalue weighted by molar-refractivity contribution is 5.07. The Bertz CT molecular complexity index is 258. The Hall–Kier alpha value is -0.960. The van der Waals surface area contributed by atoms with Crippen molar-refractivity contribution in [3.05, 3.63) is 24.3 Å². The largest absolute Gasteiger partial charge is 0.317 e. The molecule has 1 aromatic rings. The van der Waals surface area contributed by atoms with Crippen molar-refractivity contribution >= 4 is 0 Å². The highest BCUT2D eigenvalue weighted by Gasteiger charge is 2.22. The van der Waals surface area contributed by atoms with Crippen LogP contribution >= 0.6 is 0 Å². The summed E-state index contributed by atoms with van der Waals surface area (Å²) in [5, 5.41) is 3.28. The third kappa shape index (κ3) is 2.51. The van der Waals surface area contributed by atoms with Gasteiger partial charge in [0.15, 0.2) is 0 Å². The number of aromatic nitrogens is 2. The zero-order chi connectivity index (χ0) is 10.6. The van der Waals surface area contributed by atoms with Crippen molar-refractivity contribution in [2.45, 2.75) is 32.7 Å². The molecule has 1 rings (SSSR count). The molecule has 1 aromatic heterocycles. The van der Waals surface area contributed by atoms with E-state index in [1.54, 1.807) is 12.4 Å². The van der Waals surface area contributed by atoms with Crippen LogP contribution in [0.3, 0.4) is 0 Å². The molecule has 3 nitrogen and oxygen atoms in total. The minimum Gasteiger partial charge on any atom is -0.317 e. The molecule has 0 amide bonds. The molecular weight excluding hydrogens is 174 g/mol. The summed E-state index contributed by atoms with van der Waals surface area (Å²) in [6.07, 6.45) is 5.33. The monoisotopic (exact) mass is 193 g/mol. The number of likely N-dealkylation sites (N-methyl/N-ethyl adjacent to an activating group) is 1. The van der Waals surface area contributed by atoms with Gasteiger partial charge in [-0.2, -0.15) is 0 Å². The van der Waals surface area contributed by atoms with Gasteiger partial charge >= 0.3 is 0 Å². The average molecular weight is 193 g/mol. The lowest BCUT2D eigenvalue weighted by Crippen LogP contribution is -2.32. The van der Waals surface area contributed by atoms with Gasteiger partial charge in [0.2, 0.25) is 0 Å². The molecule has 14 heavy (non-hydrogen) atoms. The summed E-state index contributed by atoms with van der Waals surface area (Å²) in [6.45, 7) is 6.61. The zero-order valence-corrected chi connectivity index (χ0v) is 9.36. The summed E-state index contributed by atoms with van der Waals surface area (Å²) >= 11 is 0. The third-order valence-corrected chi connectivity index (χ3v) is 2.64. The molecule has 0 saturated heterocycles. The molecule has 0 aliphatic carbocycles. The molecule has 0 fully saturated rings. The molecule has 0 aliphatic heterocycles. The molecule has 0 aromatic carbocycles. The summed E-state index contributed by atoms with van der Waals surface area (Å²) < 4.78 is 0. The maximum Gasteiger partial charge on any atom is 0.0635 e. The Morgan fingerprint density at radius 1 is 1.21 bits per heavy atom. The fourth-order valence-electron chi connectivity index (χ4n) is 1.84. The Morgan fingerprint density at radius 3 is 2.36 bits per heavy atom. The summed E-state index contributed by atoms with van der Waals surface area (Å²) in [7, 11) is 1.98. The van der Waals surface area contributed by atoms with E-state index in [0.29, 0.717) is 17.9 Å². The van der Waals surface area contributed by atoms with Gasteiger partial charge < -0.3 is 5.32 Å². The number of rotatable bonds is 4. The highest BCUT2D eigenvalue weighted by atomic mass is 14.9. The van der Waals surface area contributed by atoms with Gasteiger partial charge in [0.1, 0.15) is 0 Å². The normalized spacial score (nSPS) is 15.5. The van der Waals surface area contributed by atoms with Gasteiger partial charge in [0.05, 0.1) is 5.69 Å². The van der Waals surface area contributed by atoms with Crippen LogP contribution in [0.25, 0.3) is 0 Å². The molecule has 3 heteroatoms. The van der Waals surface area contributed by atoms with Gasteiger partial charge in [0, 0.05) is 30.6 Å². The first-order valence-electron chi connectivity index (χ1n) is 5.10. The van der Waals surface area contributed by atoms with Crippen molar-refractivity contribution < 1.29 is 0 Å². The van der Waals surface area contributed by atoms with Crippen molar-refractivity contribution in [2.24, 2.45) is 5.92 Å². The lowest BCUT2D eigenvalue weighted by atomic mass is 9.87. The van der Waals surface area contributed by atoms with E-state index in [4.69, 9.17) is 0 Å². The molecule has 0 spiro atoms. The second kappa shape index (κ2) is 5.05. The van der Waals surface area contributed by atoms with Gasteiger partial charge in [-0.25, -0.2) is 0 Å². The van der Waals surface area contributed by atoms with Crippen LogP contribution in [-0.4, -0.2) is 23.1 Å². The standard InChI is InChI=1S/C11H19N3/c1-8(2)11(9(3)12-4)10-7-13-5-6-14-10/h5-9,11-12H,1-4H3. The molecule has 0 radical (unpaired) electrons. The summed E-state index contributed by atoms with van der Waals surface area (Å²) in [5.74, 6) is 0.989. The smallest absolute Gasteiger partial charge is 0.0635 e. The first kappa shape index (κ1) is 11.1. The second-order valence-corrected chi connectivity index (χ2v) is 3.98. The van der Waals surface area contributed by atoms with Gasteiger partial charge in [-0.05, 0) is 19.9 Å². The van der Waals surface area contributed by atoms with Gasteiger partial charge in [0.25, 0.3) is 0 Å². The Kier molecular flexibility index (Phi) is 4.01. The van der Waals surface area contributed by atoms with E-state index < -0.39 is 0 Å². The Morgan fingerprint density at radius 2 is 1.93 bits per heavy atom. The van der Waals surface area contributed by atoms with Crippen molar-refractivity contribution in [3.63, 3.8) is 0 Å². The molecule has 0 aliphatic rings. The summed E-state index contributed by atoms with van der Waals surface area (Å²) in [4.78, 5) is 8.48. The van der Waals surface area contributed by atoms with Crippen LogP contribution in [0.5, 0.6) is 0 Å². The lowest BCUT2D eigenvalue weighted by Gasteiger charge is -2.26. The molecule has 0 saturated carbocycles. The third-order valence-electron chi connectivity index (χ3n) is 2.64. The van der Waals surface area contributed by atoms with Crippen molar-refractivity contribution in [1.29, 1.82) is 0 Å². The quantitative estimate of drug-likeness (QED) is 0.792. The molecular formula is C11H19N3. The fraction of sp³-hybridized carbons (Fsp3) is 0.636. The molecule has 1 heterocycles. The van der Waals surface area contributed by atoms with E-state index in [1.165, 1.54) is 0 Å². The van der Waals surface area contributed by atoms with E-state index in [2.05, 4.69) is 36.1 Å². The Labute approximate surface area is 86.0 Å². The van der Waals surface area contributed by atoms with E-state index in [9.17, 15) is 0 Å². The van der Waals surface area contributed by atoms with Crippen LogP contribution in [0, 0.1) is 5.92 Å². The first-order chi connectivity index (χ1) is 6.66. The molecule has 78 valence electrons. The molecule has 2 atom stereocenters. The molecule has 1 N–H and O–H groups in total. The first-order valence-corrected chi connectivity index (χ1v) is 5.10. The minimum atomic E-state index is 0.423. The number of hydrogen-bond donors (Lipinski definition) is 1. The summed E-state index contributed by atoms with van der Waals surface area (Å²) in [5.41, 5.74) is 1.07. The number of nitrogens with zero attached hydrogens (tertiary/aromatic N) is 2. The van der Waals surface area contributed by atoms with E-state index >= 15 is 0 Å². The number of nitrogens with one attached hydrogen (secondary N) is 1. The van der Waals surface area contributed by atoms with Crippen LogP contribution in [0.15, 0.2) is 18.6 Å². The zero-order valence-electron chi connectivity index (χ0n) is 9.36. The topological polar surface area (TPSA) is 37.8 Å². The maximum atomic E-state index is 4.37.